The van der Waals surface area contributed by atoms with Crippen molar-refractivity contribution in [1.82, 2.24) is 10.3 Å². The van der Waals surface area contributed by atoms with E-state index in [0.29, 0.717) is 0 Å². The number of H-pyrrole nitrogens is 1. The summed E-state index contributed by atoms with van der Waals surface area (Å²) in [4.78, 5) is 3.30. The van der Waals surface area contributed by atoms with Crippen molar-refractivity contribution in [3.05, 3.63) is 34.8 Å². The molecule has 12 heavy (non-hydrogen) atoms. The molecule has 0 unspecified atom stereocenters. The monoisotopic (exact) mass is 155 g/mol. The summed E-state index contributed by atoms with van der Waals surface area (Å²) in [6.45, 7) is 0. The van der Waals surface area contributed by atoms with Crippen LogP contribution in [-0.4, -0.2) is 4.98 Å². The molecule has 1 aliphatic rings. The predicted octanol–water partition coefficient (Wildman–Crippen LogP) is 0.262. The van der Waals surface area contributed by atoms with Gasteiger partial charge in [-0.25, -0.2) is 0 Å². The van der Waals surface area contributed by atoms with Crippen LogP contribution < -0.4 is 15.9 Å². The molecule has 0 saturated heterocycles. The fourth-order valence-electron chi connectivity index (χ4n) is 1.61. The number of para-hydroxylation sites is 1. The lowest BCUT2D eigenvalue weighted by atomic mass is 10.2. The van der Waals surface area contributed by atoms with Crippen molar-refractivity contribution in [2.75, 3.05) is 0 Å². The zero-order valence-electron chi connectivity index (χ0n) is 6.41. The Morgan fingerprint density at radius 3 is 3.00 bits per heavy atom. The molecule has 1 aliphatic heterocycles. The van der Waals surface area contributed by atoms with Gasteiger partial charge >= 0.3 is 0 Å². The van der Waals surface area contributed by atoms with E-state index < -0.39 is 0 Å². The smallest absolute Gasteiger partial charge is 0.0666 e. The molecular formula is C10H7N2. The van der Waals surface area contributed by atoms with Crippen LogP contribution in [-0.2, 0) is 0 Å². The van der Waals surface area contributed by atoms with E-state index in [-0.39, 0.29) is 0 Å². The zero-order valence-corrected chi connectivity index (χ0v) is 6.41. The molecule has 2 heteroatoms. The molecule has 0 atom stereocenters. The number of nitrogens with zero attached hydrogens (tertiary/aromatic N) is 1. The zero-order chi connectivity index (χ0) is 7.97. The number of rotatable bonds is 0. The van der Waals surface area contributed by atoms with Crippen LogP contribution in [0.15, 0.2) is 24.3 Å². The minimum absolute atomic E-state index is 1.12. The summed E-state index contributed by atoms with van der Waals surface area (Å²) in [5.74, 6) is 0. The number of hydrogen-bond donors (Lipinski definition) is 1. The van der Waals surface area contributed by atoms with Crippen molar-refractivity contribution in [3.63, 3.8) is 0 Å². The molecule has 1 N–H and O–H groups in total. The van der Waals surface area contributed by atoms with E-state index in [4.69, 9.17) is 0 Å². The Labute approximate surface area is 69.2 Å². The maximum atomic E-state index is 4.08. The first-order valence-corrected chi connectivity index (χ1v) is 3.92. The number of nitrogens with one attached hydrogen (secondary N) is 1. The maximum Gasteiger partial charge on any atom is 0.0666 e. The van der Waals surface area contributed by atoms with E-state index in [9.17, 15) is 0 Å². The highest BCUT2D eigenvalue weighted by Crippen LogP contribution is 2.03. The minimum atomic E-state index is 1.12. The molecule has 2 heterocycles. The van der Waals surface area contributed by atoms with Gasteiger partial charge in [-0.2, -0.15) is 0 Å². The molecule has 2 aromatic rings. The Bertz CT molecular complexity index is 549. The molecule has 0 aliphatic carbocycles. The number of hydrogen-bond acceptors (Lipinski definition) is 0. The van der Waals surface area contributed by atoms with Gasteiger partial charge in [-0.1, -0.05) is 18.2 Å². The van der Waals surface area contributed by atoms with Crippen molar-refractivity contribution in [1.29, 1.82) is 0 Å². The second kappa shape index (κ2) is 1.91. The first-order valence-electron chi connectivity index (χ1n) is 3.92. The first kappa shape index (κ1) is 5.89. The third kappa shape index (κ3) is 0.593. The van der Waals surface area contributed by atoms with E-state index in [1.54, 1.807) is 0 Å². The van der Waals surface area contributed by atoms with Gasteiger partial charge in [0.2, 0.25) is 0 Å². The van der Waals surface area contributed by atoms with Crippen LogP contribution >= 0.6 is 0 Å². The molecule has 1 aromatic heterocycles. The lowest BCUT2D eigenvalue weighted by Crippen LogP contribution is -2.18. The largest absolute Gasteiger partial charge is 0.353 e. The van der Waals surface area contributed by atoms with E-state index in [1.165, 1.54) is 16.1 Å². The Hall–Kier alpha value is -1.70. The molecule has 2 nitrogen and oxygen atoms in total. The van der Waals surface area contributed by atoms with Crippen LogP contribution in [0.1, 0.15) is 0 Å². The molecule has 3 rings (SSSR count). The number of benzene rings is 1. The molecule has 0 saturated carbocycles. The quantitative estimate of drug-likeness (QED) is 0.565. The average Bonchev–Trinajstić information content (AvgIpc) is 2.62. The lowest BCUT2D eigenvalue weighted by molar-refractivity contribution is 1.33. The van der Waals surface area contributed by atoms with Crippen LogP contribution in [0.3, 0.4) is 0 Å². The van der Waals surface area contributed by atoms with Crippen molar-refractivity contribution >= 4 is 23.3 Å². The van der Waals surface area contributed by atoms with Gasteiger partial charge in [0, 0.05) is 22.3 Å². The Kier molecular flexibility index (Phi) is 0.939. The highest BCUT2D eigenvalue weighted by atomic mass is 14.9. The lowest BCUT2D eigenvalue weighted by Gasteiger charge is -1.85. The van der Waals surface area contributed by atoms with Gasteiger partial charge in [-0.05, 0) is 6.07 Å². The number of aromatic nitrogens is 1. The van der Waals surface area contributed by atoms with E-state index >= 15 is 0 Å². The molecule has 1 radical (unpaired) electrons. The van der Waals surface area contributed by atoms with Crippen molar-refractivity contribution in [3.8, 4) is 0 Å². The van der Waals surface area contributed by atoms with Gasteiger partial charge in [0.05, 0.1) is 11.5 Å². The van der Waals surface area contributed by atoms with Gasteiger partial charge in [-0.15, -0.1) is 0 Å². The average molecular weight is 155 g/mol. The molecule has 0 spiro atoms. The third-order valence-electron chi connectivity index (χ3n) is 2.18. The highest BCUT2D eigenvalue weighted by Gasteiger charge is 2.01. The summed E-state index contributed by atoms with van der Waals surface area (Å²) >= 11 is 0. The molecule has 0 amide bonds. The maximum absolute atomic E-state index is 4.08. The van der Waals surface area contributed by atoms with Gasteiger partial charge < -0.3 is 4.98 Å². The highest BCUT2D eigenvalue weighted by molar-refractivity contribution is 5.81. The van der Waals surface area contributed by atoms with E-state index in [2.05, 4.69) is 22.4 Å². The second-order valence-electron chi connectivity index (χ2n) is 2.91. The Balaban J connectivity index is 2.71. The van der Waals surface area contributed by atoms with Crippen molar-refractivity contribution in [2.45, 2.75) is 0 Å². The van der Waals surface area contributed by atoms with Crippen molar-refractivity contribution < 1.29 is 0 Å². The van der Waals surface area contributed by atoms with Crippen LogP contribution in [0.2, 0.25) is 0 Å². The number of aromatic amines is 1. The molecular weight excluding hydrogens is 148 g/mol. The fraction of sp³-hybridized carbons (Fsp3) is 0. The van der Waals surface area contributed by atoms with E-state index in [0.717, 1.165) is 5.35 Å². The summed E-state index contributed by atoms with van der Waals surface area (Å²) in [6, 6.07) is 8.26. The normalized spacial score (nSPS) is 13.3. The topological polar surface area (TPSA) is 29.9 Å². The van der Waals surface area contributed by atoms with Gasteiger partial charge in [0.25, 0.3) is 0 Å². The Morgan fingerprint density at radius 1 is 1.08 bits per heavy atom. The van der Waals surface area contributed by atoms with Gasteiger partial charge in [-0.3, -0.25) is 5.32 Å². The molecule has 1 aromatic carbocycles. The third-order valence-corrected chi connectivity index (χ3v) is 2.18. The molecule has 0 bridgehead atoms. The summed E-state index contributed by atoms with van der Waals surface area (Å²) in [6.07, 6.45) is 3.75. The van der Waals surface area contributed by atoms with Crippen LogP contribution in [0.5, 0.6) is 0 Å². The van der Waals surface area contributed by atoms with Crippen LogP contribution in [0, 0.1) is 0 Å². The van der Waals surface area contributed by atoms with Crippen molar-refractivity contribution in [2.24, 2.45) is 0 Å². The Morgan fingerprint density at radius 2 is 2.00 bits per heavy atom. The summed E-state index contributed by atoms with van der Waals surface area (Å²) in [5.41, 5.74) is 1.19. The molecule has 0 fully saturated rings. The SMILES string of the molecule is C1=c2[nH]c3ccccc3c2=C[N]1. The first-order chi connectivity index (χ1) is 5.95. The minimum Gasteiger partial charge on any atom is -0.353 e. The van der Waals surface area contributed by atoms with Crippen LogP contribution in [0.25, 0.3) is 23.3 Å². The summed E-state index contributed by atoms with van der Waals surface area (Å²) < 4.78 is 0. The predicted molar refractivity (Wildman–Crippen MR) is 48.6 cm³/mol. The molecule has 57 valence electrons. The van der Waals surface area contributed by atoms with Gasteiger partial charge in [0.15, 0.2) is 0 Å². The van der Waals surface area contributed by atoms with Gasteiger partial charge in [0.1, 0.15) is 0 Å². The second-order valence-corrected chi connectivity index (χ2v) is 2.91. The van der Waals surface area contributed by atoms with Crippen LogP contribution in [0.4, 0.5) is 0 Å². The van der Waals surface area contributed by atoms with E-state index in [1.807, 2.05) is 24.5 Å². The fourth-order valence-corrected chi connectivity index (χ4v) is 1.61. The standard InChI is InChI=1S/C10H7N2/c1-2-4-9-7(3-1)8-5-11-6-10(8)12-9/h1-6,12H. The summed E-state index contributed by atoms with van der Waals surface area (Å²) in [7, 11) is 0. The summed E-state index contributed by atoms with van der Waals surface area (Å²) in [5, 5.41) is 7.67. The number of fused-ring (bicyclic) bond motifs is 3.